The molecule has 1 atom stereocenters. The van der Waals surface area contributed by atoms with Gasteiger partial charge in [0.05, 0.1) is 5.41 Å². The van der Waals surface area contributed by atoms with E-state index in [1.165, 1.54) is 12.8 Å². The number of likely N-dealkylation sites (tertiary alicyclic amines) is 1. The highest BCUT2D eigenvalue weighted by atomic mass is 16.4. The lowest BCUT2D eigenvalue weighted by atomic mass is 9.76. The monoisotopic (exact) mass is 296 g/mol. The summed E-state index contributed by atoms with van der Waals surface area (Å²) in [6, 6.07) is -0.0869. The molecule has 1 saturated carbocycles. The molecule has 2 rings (SSSR count). The molecule has 1 aliphatic carbocycles. The van der Waals surface area contributed by atoms with Crippen LogP contribution < -0.4 is 5.32 Å². The largest absolute Gasteiger partial charge is 0.481 e. The summed E-state index contributed by atoms with van der Waals surface area (Å²) in [6.07, 6.45) is 6.42. The van der Waals surface area contributed by atoms with Crippen LogP contribution in [0.3, 0.4) is 0 Å². The number of carbonyl (C=O) groups is 2. The molecule has 1 heterocycles. The molecule has 0 aromatic heterocycles. The smallest absolute Gasteiger partial charge is 0.317 e. The Morgan fingerprint density at radius 3 is 2.48 bits per heavy atom. The van der Waals surface area contributed by atoms with Crippen molar-refractivity contribution in [3.63, 3.8) is 0 Å². The van der Waals surface area contributed by atoms with E-state index in [2.05, 4.69) is 12.2 Å². The number of rotatable bonds is 6. The van der Waals surface area contributed by atoms with Crippen LogP contribution in [0.5, 0.6) is 0 Å². The van der Waals surface area contributed by atoms with Gasteiger partial charge in [-0.1, -0.05) is 20.3 Å². The average Bonchev–Trinajstić information content (AvgIpc) is 3.26. The van der Waals surface area contributed by atoms with Crippen LogP contribution in [0.2, 0.25) is 0 Å². The highest BCUT2D eigenvalue weighted by Crippen LogP contribution is 2.47. The van der Waals surface area contributed by atoms with Gasteiger partial charge in [-0.25, -0.2) is 4.79 Å². The summed E-state index contributed by atoms with van der Waals surface area (Å²) in [7, 11) is 0. The number of piperidine rings is 1. The van der Waals surface area contributed by atoms with Crippen LogP contribution >= 0.6 is 0 Å². The van der Waals surface area contributed by atoms with Crippen LogP contribution in [-0.2, 0) is 4.79 Å². The van der Waals surface area contributed by atoms with E-state index in [-0.39, 0.29) is 6.03 Å². The number of carbonyl (C=O) groups excluding carboxylic acids is 1. The first-order chi connectivity index (χ1) is 9.97. The van der Waals surface area contributed by atoms with Crippen molar-refractivity contribution >= 4 is 12.0 Å². The first-order valence-corrected chi connectivity index (χ1v) is 8.23. The molecule has 0 aromatic rings. The van der Waals surface area contributed by atoms with Crippen molar-refractivity contribution < 1.29 is 14.7 Å². The lowest BCUT2D eigenvalue weighted by Gasteiger charge is -2.40. The van der Waals surface area contributed by atoms with Crippen LogP contribution in [0.1, 0.15) is 58.8 Å². The molecule has 120 valence electrons. The Labute approximate surface area is 127 Å². The Morgan fingerprint density at radius 2 is 1.95 bits per heavy atom. The Kier molecular flexibility index (Phi) is 4.79. The normalized spacial score (nSPS) is 27.2. The first kappa shape index (κ1) is 16.1. The summed E-state index contributed by atoms with van der Waals surface area (Å²) < 4.78 is 0. The van der Waals surface area contributed by atoms with E-state index in [1.54, 1.807) is 4.90 Å². The maximum Gasteiger partial charge on any atom is 0.317 e. The van der Waals surface area contributed by atoms with E-state index >= 15 is 0 Å². The molecule has 2 amide bonds. The minimum atomic E-state index is -0.755. The van der Waals surface area contributed by atoms with Gasteiger partial charge in [0.15, 0.2) is 0 Å². The van der Waals surface area contributed by atoms with Crippen molar-refractivity contribution in [2.75, 3.05) is 19.6 Å². The van der Waals surface area contributed by atoms with Crippen LogP contribution in [0.15, 0.2) is 0 Å². The van der Waals surface area contributed by atoms with E-state index in [0.29, 0.717) is 31.3 Å². The Hall–Kier alpha value is -1.26. The van der Waals surface area contributed by atoms with Gasteiger partial charge in [0.1, 0.15) is 0 Å². The van der Waals surface area contributed by atoms with Crippen molar-refractivity contribution in [2.45, 2.75) is 58.8 Å². The van der Waals surface area contributed by atoms with Gasteiger partial charge in [0.25, 0.3) is 0 Å². The number of aliphatic carboxylic acids is 1. The summed E-state index contributed by atoms with van der Waals surface area (Å²) in [5, 5.41) is 12.6. The van der Waals surface area contributed by atoms with Crippen molar-refractivity contribution in [3.05, 3.63) is 0 Å². The fourth-order valence-corrected chi connectivity index (χ4v) is 3.48. The SMILES string of the molecule is CCCC1(C(=O)O)CCCN(C(=O)NCC2(CC)CC2)C1. The number of amides is 2. The molecule has 0 radical (unpaired) electrons. The van der Waals surface area contributed by atoms with Crippen LogP contribution in [-0.4, -0.2) is 41.6 Å². The molecule has 1 aliphatic heterocycles. The minimum absolute atomic E-state index is 0.0869. The summed E-state index contributed by atoms with van der Waals surface area (Å²) in [4.78, 5) is 25.7. The summed E-state index contributed by atoms with van der Waals surface area (Å²) in [6.45, 7) is 5.91. The molecular weight excluding hydrogens is 268 g/mol. The molecule has 2 N–H and O–H groups in total. The number of urea groups is 1. The second-order valence-electron chi connectivity index (χ2n) is 6.87. The molecule has 5 nitrogen and oxygen atoms in total. The lowest BCUT2D eigenvalue weighted by molar-refractivity contribution is -0.152. The fraction of sp³-hybridized carbons (Fsp3) is 0.875. The molecule has 21 heavy (non-hydrogen) atoms. The molecule has 0 aromatic carbocycles. The van der Waals surface area contributed by atoms with Crippen LogP contribution in [0.4, 0.5) is 4.79 Å². The molecule has 1 unspecified atom stereocenters. The molecule has 0 spiro atoms. The van der Waals surface area contributed by atoms with Gasteiger partial charge >= 0.3 is 12.0 Å². The third-order valence-electron chi connectivity index (χ3n) is 5.37. The van der Waals surface area contributed by atoms with E-state index in [4.69, 9.17) is 0 Å². The summed E-state index contributed by atoms with van der Waals surface area (Å²) >= 11 is 0. The van der Waals surface area contributed by atoms with Gasteiger partial charge in [-0.05, 0) is 43.9 Å². The van der Waals surface area contributed by atoms with E-state index in [1.807, 2.05) is 6.92 Å². The summed E-state index contributed by atoms with van der Waals surface area (Å²) in [5.41, 5.74) is -0.425. The highest BCUT2D eigenvalue weighted by Gasteiger charge is 2.44. The number of carboxylic acids is 1. The van der Waals surface area contributed by atoms with Gasteiger partial charge in [-0.15, -0.1) is 0 Å². The Bertz CT molecular complexity index is 402. The summed E-state index contributed by atoms with van der Waals surface area (Å²) in [5.74, 6) is -0.755. The second-order valence-corrected chi connectivity index (χ2v) is 6.87. The molecule has 5 heteroatoms. The minimum Gasteiger partial charge on any atom is -0.481 e. The Morgan fingerprint density at radius 1 is 1.24 bits per heavy atom. The van der Waals surface area contributed by atoms with E-state index < -0.39 is 11.4 Å². The maximum atomic E-state index is 12.3. The van der Waals surface area contributed by atoms with Crippen molar-refractivity contribution in [1.82, 2.24) is 10.2 Å². The highest BCUT2D eigenvalue weighted by molar-refractivity contribution is 5.78. The standard InChI is InChI=1S/C16H28N2O3/c1-3-6-16(13(19)20)7-5-10-18(12-16)14(21)17-11-15(4-2)8-9-15/h3-12H2,1-2H3,(H,17,21)(H,19,20). The van der Waals surface area contributed by atoms with Crippen LogP contribution in [0, 0.1) is 10.8 Å². The number of nitrogens with one attached hydrogen (secondary N) is 1. The zero-order valence-electron chi connectivity index (χ0n) is 13.3. The molecule has 2 fully saturated rings. The van der Waals surface area contributed by atoms with Crippen molar-refractivity contribution in [2.24, 2.45) is 10.8 Å². The van der Waals surface area contributed by atoms with Gasteiger partial charge in [0, 0.05) is 19.6 Å². The van der Waals surface area contributed by atoms with Crippen molar-refractivity contribution in [3.8, 4) is 0 Å². The molecular formula is C16H28N2O3. The van der Waals surface area contributed by atoms with Gasteiger partial charge in [-0.3, -0.25) is 4.79 Å². The second kappa shape index (κ2) is 6.24. The maximum absolute atomic E-state index is 12.3. The number of hydrogen-bond acceptors (Lipinski definition) is 2. The molecule has 1 saturated heterocycles. The lowest BCUT2D eigenvalue weighted by Crippen LogP contribution is -2.53. The first-order valence-electron chi connectivity index (χ1n) is 8.23. The van der Waals surface area contributed by atoms with Gasteiger partial charge in [-0.2, -0.15) is 0 Å². The topological polar surface area (TPSA) is 69.6 Å². The van der Waals surface area contributed by atoms with Crippen molar-refractivity contribution in [1.29, 1.82) is 0 Å². The average molecular weight is 296 g/mol. The predicted molar refractivity (Wildman–Crippen MR) is 81.1 cm³/mol. The quantitative estimate of drug-likeness (QED) is 0.792. The van der Waals surface area contributed by atoms with Crippen LogP contribution in [0.25, 0.3) is 0 Å². The number of carboxylic acid groups (broad SMARTS) is 1. The zero-order chi connectivity index (χ0) is 15.5. The number of nitrogens with zero attached hydrogens (tertiary/aromatic N) is 1. The van der Waals surface area contributed by atoms with Gasteiger partial charge in [0.2, 0.25) is 0 Å². The Balaban J connectivity index is 1.93. The van der Waals surface area contributed by atoms with Gasteiger partial charge < -0.3 is 15.3 Å². The van der Waals surface area contributed by atoms with E-state index in [0.717, 1.165) is 25.8 Å². The van der Waals surface area contributed by atoms with E-state index in [9.17, 15) is 14.7 Å². The third-order valence-corrected chi connectivity index (χ3v) is 5.37. The zero-order valence-corrected chi connectivity index (χ0v) is 13.3. The predicted octanol–water partition coefficient (Wildman–Crippen LogP) is 2.85. The molecule has 2 aliphatic rings. The fourth-order valence-electron chi connectivity index (χ4n) is 3.48. The number of hydrogen-bond donors (Lipinski definition) is 2. The third kappa shape index (κ3) is 3.50. The molecule has 0 bridgehead atoms.